The van der Waals surface area contributed by atoms with E-state index in [1.54, 1.807) is 32.4 Å². The van der Waals surface area contributed by atoms with Gasteiger partial charge >= 0.3 is 0 Å². The average Bonchev–Trinajstić information content (AvgIpc) is 3.18. The number of aromatic nitrogens is 2. The second kappa shape index (κ2) is 10.5. The molecule has 2 aromatic heterocycles. The molecule has 1 unspecified atom stereocenters. The van der Waals surface area contributed by atoms with E-state index in [0.717, 1.165) is 12.0 Å². The Hall–Kier alpha value is -3.86. The molecule has 1 atom stereocenters. The molecule has 38 heavy (non-hydrogen) atoms. The number of hydrogen-bond acceptors (Lipinski definition) is 9. The van der Waals surface area contributed by atoms with Crippen LogP contribution in [-0.4, -0.2) is 50.6 Å². The molecular weight excluding hydrogens is 506 g/mol. The standard InChI is InChI=1S/C27H33N5O5S/c1-17-14-27(2,3)32(16-17)26-24(25(28)33)21(11-12-29-26)38(34,35)23-8-6-7-22(31-23)30-15-18-9-10-19(36-4)20(13-18)37-5/h6-13,17H,14-16H2,1-5H3,(H2,28,33)(H,30,31). The summed E-state index contributed by atoms with van der Waals surface area (Å²) in [7, 11) is -1.08. The van der Waals surface area contributed by atoms with Crippen LogP contribution in [0.5, 0.6) is 11.5 Å². The molecule has 1 amide bonds. The highest BCUT2D eigenvalue weighted by molar-refractivity contribution is 7.91. The fourth-order valence-corrected chi connectivity index (χ4v) is 6.41. The van der Waals surface area contributed by atoms with E-state index in [2.05, 4.69) is 22.2 Å². The van der Waals surface area contributed by atoms with Crippen molar-refractivity contribution in [2.24, 2.45) is 11.7 Å². The third-order valence-electron chi connectivity index (χ3n) is 6.68. The zero-order valence-corrected chi connectivity index (χ0v) is 23.0. The number of benzene rings is 1. The van der Waals surface area contributed by atoms with Crippen molar-refractivity contribution in [1.29, 1.82) is 0 Å². The highest BCUT2D eigenvalue weighted by atomic mass is 32.2. The lowest BCUT2D eigenvalue weighted by molar-refractivity contribution is 0.0997. The number of methoxy groups -OCH3 is 2. The van der Waals surface area contributed by atoms with E-state index in [0.29, 0.717) is 36.3 Å². The molecule has 0 saturated carbocycles. The van der Waals surface area contributed by atoms with Crippen LogP contribution in [0.4, 0.5) is 11.6 Å². The Kier molecular flexibility index (Phi) is 7.50. The van der Waals surface area contributed by atoms with Gasteiger partial charge in [-0.2, -0.15) is 0 Å². The summed E-state index contributed by atoms with van der Waals surface area (Å²) in [6.45, 7) is 7.19. The molecule has 3 heterocycles. The SMILES string of the molecule is COc1ccc(CNc2cccc(S(=O)(=O)c3ccnc(N4CC(C)CC4(C)C)c3C(N)=O)n2)cc1OC. The second-order valence-electron chi connectivity index (χ2n) is 10.0. The van der Waals surface area contributed by atoms with Gasteiger partial charge in [0.1, 0.15) is 17.2 Å². The number of nitrogens with zero attached hydrogens (tertiary/aromatic N) is 3. The topological polar surface area (TPSA) is 137 Å². The summed E-state index contributed by atoms with van der Waals surface area (Å²) < 4.78 is 38.1. The largest absolute Gasteiger partial charge is 0.493 e. The molecule has 11 heteroatoms. The predicted molar refractivity (Wildman–Crippen MR) is 145 cm³/mol. The molecule has 4 rings (SSSR count). The average molecular weight is 540 g/mol. The molecule has 3 aromatic rings. The van der Waals surface area contributed by atoms with Crippen molar-refractivity contribution >= 4 is 27.4 Å². The molecule has 1 aliphatic rings. The summed E-state index contributed by atoms with van der Waals surface area (Å²) in [5.41, 5.74) is 6.19. The number of nitrogens with one attached hydrogen (secondary N) is 1. The highest BCUT2D eigenvalue weighted by Crippen LogP contribution is 2.39. The van der Waals surface area contributed by atoms with Crippen LogP contribution in [0, 0.1) is 5.92 Å². The Balaban J connectivity index is 1.67. The molecule has 0 bridgehead atoms. The highest BCUT2D eigenvalue weighted by Gasteiger charge is 2.40. The Morgan fingerprint density at radius 2 is 1.89 bits per heavy atom. The minimum atomic E-state index is -4.20. The summed E-state index contributed by atoms with van der Waals surface area (Å²) >= 11 is 0. The lowest BCUT2D eigenvalue weighted by Crippen LogP contribution is -2.40. The van der Waals surface area contributed by atoms with Crippen LogP contribution in [0.1, 0.15) is 43.1 Å². The third-order valence-corrected chi connectivity index (χ3v) is 8.37. The molecule has 1 aromatic carbocycles. The van der Waals surface area contributed by atoms with Crippen LogP contribution < -0.4 is 25.4 Å². The van der Waals surface area contributed by atoms with Crippen molar-refractivity contribution in [3.05, 3.63) is 59.8 Å². The second-order valence-corrected chi connectivity index (χ2v) is 11.9. The number of nitrogens with two attached hydrogens (primary N) is 1. The summed E-state index contributed by atoms with van der Waals surface area (Å²) in [6, 6.07) is 11.4. The van der Waals surface area contributed by atoms with Gasteiger partial charge in [-0.25, -0.2) is 18.4 Å². The van der Waals surface area contributed by atoms with Gasteiger partial charge in [0.15, 0.2) is 16.5 Å². The van der Waals surface area contributed by atoms with Gasteiger partial charge in [-0.05, 0) is 62.1 Å². The molecule has 1 saturated heterocycles. The van der Waals surface area contributed by atoms with Gasteiger partial charge in [-0.1, -0.05) is 19.1 Å². The smallest absolute Gasteiger partial charge is 0.253 e. The quantitative estimate of drug-likeness (QED) is 0.417. The summed E-state index contributed by atoms with van der Waals surface area (Å²) in [5, 5.41) is 2.93. The first-order chi connectivity index (χ1) is 18.0. The molecule has 3 N–H and O–H groups in total. The van der Waals surface area contributed by atoms with E-state index in [1.807, 2.05) is 30.9 Å². The molecular formula is C27H33N5O5S. The van der Waals surface area contributed by atoms with Crippen molar-refractivity contribution in [1.82, 2.24) is 9.97 Å². The van der Waals surface area contributed by atoms with Crippen molar-refractivity contribution in [3.63, 3.8) is 0 Å². The lowest BCUT2D eigenvalue weighted by atomic mass is 9.97. The maximum absolute atomic E-state index is 13.8. The van der Waals surface area contributed by atoms with Crippen molar-refractivity contribution in [3.8, 4) is 11.5 Å². The van der Waals surface area contributed by atoms with Crippen LogP contribution in [0.3, 0.4) is 0 Å². The van der Waals surface area contributed by atoms with E-state index in [9.17, 15) is 13.2 Å². The van der Waals surface area contributed by atoms with E-state index in [4.69, 9.17) is 15.2 Å². The van der Waals surface area contributed by atoms with Crippen molar-refractivity contribution in [2.75, 3.05) is 31.0 Å². The molecule has 202 valence electrons. The van der Waals surface area contributed by atoms with Gasteiger partial charge in [0.25, 0.3) is 5.91 Å². The van der Waals surface area contributed by atoms with Gasteiger partial charge in [0.2, 0.25) is 9.84 Å². The van der Waals surface area contributed by atoms with E-state index in [1.165, 1.54) is 18.3 Å². The van der Waals surface area contributed by atoms with Crippen molar-refractivity contribution in [2.45, 2.75) is 49.2 Å². The van der Waals surface area contributed by atoms with E-state index >= 15 is 0 Å². The Morgan fingerprint density at radius 3 is 2.53 bits per heavy atom. The van der Waals surface area contributed by atoms with Gasteiger partial charge in [0.05, 0.1) is 19.1 Å². The minimum absolute atomic E-state index is 0.125. The Morgan fingerprint density at radius 1 is 1.16 bits per heavy atom. The van der Waals surface area contributed by atoms with Crippen molar-refractivity contribution < 1.29 is 22.7 Å². The minimum Gasteiger partial charge on any atom is -0.493 e. The number of carbonyl (C=O) groups is 1. The number of carbonyl (C=O) groups excluding carboxylic acids is 1. The summed E-state index contributed by atoms with van der Waals surface area (Å²) in [4.78, 5) is 23.1. The van der Waals surface area contributed by atoms with Crippen LogP contribution in [0.2, 0.25) is 0 Å². The number of amides is 1. The molecule has 1 fully saturated rings. The van der Waals surface area contributed by atoms with Crippen LogP contribution in [0.25, 0.3) is 0 Å². The number of sulfone groups is 1. The number of primary amides is 1. The monoisotopic (exact) mass is 539 g/mol. The molecule has 0 spiro atoms. The van der Waals surface area contributed by atoms with Gasteiger partial charge in [0, 0.05) is 24.8 Å². The van der Waals surface area contributed by atoms with E-state index in [-0.39, 0.29) is 26.8 Å². The molecule has 10 nitrogen and oxygen atoms in total. The number of rotatable bonds is 9. The van der Waals surface area contributed by atoms with Gasteiger partial charge in [-0.15, -0.1) is 0 Å². The molecule has 1 aliphatic heterocycles. The summed E-state index contributed by atoms with van der Waals surface area (Å²) in [5.74, 6) is 1.31. The molecule has 0 aliphatic carbocycles. The fraction of sp³-hybridized carbons (Fsp3) is 0.370. The zero-order chi connectivity index (χ0) is 27.7. The number of anilines is 2. The third kappa shape index (κ3) is 5.24. The fourth-order valence-electron chi connectivity index (χ4n) is 5.01. The number of ether oxygens (including phenoxy) is 2. The molecule has 0 radical (unpaired) electrons. The Labute approximate surface area is 223 Å². The maximum atomic E-state index is 13.8. The van der Waals surface area contributed by atoms with E-state index < -0.39 is 15.7 Å². The first-order valence-corrected chi connectivity index (χ1v) is 13.7. The van der Waals surface area contributed by atoms with Gasteiger partial charge < -0.3 is 25.4 Å². The zero-order valence-electron chi connectivity index (χ0n) is 22.2. The number of pyridine rings is 2. The Bertz CT molecular complexity index is 1460. The van der Waals surface area contributed by atoms with Crippen LogP contribution in [-0.2, 0) is 16.4 Å². The summed E-state index contributed by atoms with van der Waals surface area (Å²) in [6.07, 6.45) is 2.27. The predicted octanol–water partition coefficient (Wildman–Crippen LogP) is 3.66. The maximum Gasteiger partial charge on any atom is 0.253 e. The lowest BCUT2D eigenvalue weighted by Gasteiger charge is -2.33. The van der Waals surface area contributed by atoms with Crippen LogP contribution in [0.15, 0.2) is 58.6 Å². The first-order valence-electron chi connectivity index (χ1n) is 12.2. The van der Waals surface area contributed by atoms with Crippen LogP contribution >= 0.6 is 0 Å². The number of hydrogen-bond donors (Lipinski definition) is 2. The van der Waals surface area contributed by atoms with Gasteiger partial charge in [-0.3, -0.25) is 4.79 Å². The normalized spacial score (nSPS) is 16.8. The first kappa shape index (κ1) is 27.2.